The third-order valence-electron chi connectivity index (χ3n) is 3.59. The first kappa shape index (κ1) is 20.5. The summed E-state index contributed by atoms with van der Waals surface area (Å²) in [6.07, 6.45) is 0. The van der Waals surface area contributed by atoms with Crippen LogP contribution in [0.1, 0.15) is 26.3 Å². The highest BCUT2D eigenvalue weighted by molar-refractivity contribution is 6.11. The molecule has 0 heterocycles. The van der Waals surface area contributed by atoms with E-state index in [4.69, 9.17) is 19.3 Å². The van der Waals surface area contributed by atoms with Crippen molar-refractivity contribution >= 4 is 11.8 Å². The van der Waals surface area contributed by atoms with Crippen molar-refractivity contribution in [3.05, 3.63) is 64.7 Å². The molecular formula is C19H18F2O6. The molecule has 0 bridgehead atoms. The van der Waals surface area contributed by atoms with Gasteiger partial charge < -0.3 is 19.3 Å². The van der Waals surface area contributed by atoms with E-state index in [1.165, 1.54) is 31.4 Å². The molecule has 27 heavy (non-hydrogen) atoms. The summed E-state index contributed by atoms with van der Waals surface area (Å²) in [4.78, 5) is 23.5. The summed E-state index contributed by atoms with van der Waals surface area (Å²) in [7, 11) is 1.53. The Balaban J connectivity index is 2.19. The third kappa shape index (κ3) is 5.32. The molecule has 0 saturated carbocycles. The van der Waals surface area contributed by atoms with Crippen LogP contribution in [0.2, 0.25) is 0 Å². The topological polar surface area (TPSA) is 82.1 Å². The lowest BCUT2D eigenvalue weighted by molar-refractivity contribution is 0.0541. The van der Waals surface area contributed by atoms with Crippen molar-refractivity contribution in [1.29, 1.82) is 0 Å². The third-order valence-corrected chi connectivity index (χ3v) is 3.59. The molecule has 0 aliphatic heterocycles. The number of hydrogen-bond acceptors (Lipinski definition) is 5. The minimum atomic E-state index is -1.33. The van der Waals surface area contributed by atoms with Crippen LogP contribution >= 0.6 is 0 Å². The highest BCUT2D eigenvalue weighted by atomic mass is 19.2. The molecule has 2 rings (SSSR count). The van der Waals surface area contributed by atoms with Gasteiger partial charge in [0.2, 0.25) is 0 Å². The van der Waals surface area contributed by atoms with Crippen molar-refractivity contribution in [3.63, 3.8) is 0 Å². The van der Waals surface area contributed by atoms with Gasteiger partial charge in [-0.15, -0.1) is 0 Å². The minimum Gasteiger partial charge on any atom is -0.490 e. The molecule has 144 valence electrons. The Hall–Kier alpha value is -2.84. The average molecular weight is 380 g/mol. The summed E-state index contributed by atoms with van der Waals surface area (Å²) in [5, 5.41) is 8.90. The molecular weight excluding hydrogens is 362 g/mol. The molecule has 0 spiro atoms. The highest BCUT2D eigenvalue weighted by Crippen LogP contribution is 2.27. The number of ether oxygens (including phenoxy) is 3. The Bertz CT molecular complexity index is 805. The zero-order valence-corrected chi connectivity index (χ0v) is 14.5. The van der Waals surface area contributed by atoms with Crippen LogP contribution in [-0.4, -0.2) is 50.4 Å². The first-order valence-corrected chi connectivity index (χ1v) is 8.01. The van der Waals surface area contributed by atoms with Gasteiger partial charge in [0.25, 0.3) is 0 Å². The predicted octanol–water partition coefficient (Wildman–Crippen LogP) is 2.94. The van der Waals surface area contributed by atoms with E-state index < -0.39 is 29.0 Å². The van der Waals surface area contributed by atoms with E-state index in [1.807, 2.05) is 0 Å². The van der Waals surface area contributed by atoms with Crippen LogP contribution in [0, 0.1) is 11.6 Å². The zero-order chi connectivity index (χ0) is 19.8. The number of carbonyl (C=O) groups is 2. The number of carboxylic acids is 1. The fourth-order valence-electron chi connectivity index (χ4n) is 2.23. The second-order valence-corrected chi connectivity index (χ2v) is 5.40. The number of rotatable bonds is 10. The lowest BCUT2D eigenvalue weighted by Gasteiger charge is -2.12. The van der Waals surface area contributed by atoms with Gasteiger partial charge in [0.05, 0.1) is 25.4 Å². The summed E-state index contributed by atoms with van der Waals surface area (Å²) in [5.41, 5.74) is -0.586. The normalized spacial score (nSPS) is 10.6. The number of hydrogen-bond donors (Lipinski definition) is 1. The van der Waals surface area contributed by atoms with Crippen molar-refractivity contribution in [2.24, 2.45) is 0 Å². The van der Waals surface area contributed by atoms with E-state index >= 15 is 0 Å². The largest absolute Gasteiger partial charge is 0.490 e. The first-order chi connectivity index (χ1) is 13.0. The van der Waals surface area contributed by atoms with Crippen LogP contribution in [-0.2, 0) is 9.47 Å². The maximum absolute atomic E-state index is 14.3. The monoisotopic (exact) mass is 380 g/mol. The lowest BCUT2D eigenvalue weighted by atomic mass is 10.0. The molecule has 1 N–H and O–H groups in total. The molecule has 0 fully saturated rings. The molecule has 8 heteroatoms. The van der Waals surface area contributed by atoms with Gasteiger partial charge in [-0.1, -0.05) is 12.1 Å². The molecule has 0 aliphatic carbocycles. The lowest BCUT2D eigenvalue weighted by Crippen LogP contribution is -2.14. The standard InChI is InChI=1S/C19H18F2O6/c1-25-8-9-26-10-11-27-15-7-6-14(20)17(21)16(15)18(22)12-2-4-13(5-3-12)19(23)24/h2-7H,8-11H2,1H3,(H,23,24). The molecule has 0 unspecified atom stereocenters. The van der Waals surface area contributed by atoms with Gasteiger partial charge in [0, 0.05) is 12.7 Å². The molecule has 2 aromatic carbocycles. The second kappa shape index (κ2) is 9.75. The van der Waals surface area contributed by atoms with E-state index in [0.717, 1.165) is 12.1 Å². The molecule has 2 aromatic rings. The van der Waals surface area contributed by atoms with Crippen LogP contribution < -0.4 is 4.74 Å². The van der Waals surface area contributed by atoms with Gasteiger partial charge in [0.1, 0.15) is 17.9 Å². The Labute approximate surface area is 154 Å². The summed E-state index contributed by atoms with van der Waals surface area (Å²) in [5.74, 6) is -4.64. The average Bonchev–Trinajstić information content (AvgIpc) is 2.67. The van der Waals surface area contributed by atoms with E-state index in [1.54, 1.807) is 0 Å². The number of halogens is 2. The molecule has 0 atom stereocenters. The van der Waals surface area contributed by atoms with Gasteiger partial charge in [0.15, 0.2) is 17.4 Å². The summed E-state index contributed by atoms with van der Waals surface area (Å²) in [6.45, 7) is 0.941. The number of benzene rings is 2. The molecule has 0 aliphatic rings. The number of aromatic carboxylic acids is 1. The van der Waals surface area contributed by atoms with Crippen molar-refractivity contribution < 1.29 is 37.7 Å². The molecule has 0 saturated heterocycles. The first-order valence-electron chi connectivity index (χ1n) is 8.01. The van der Waals surface area contributed by atoms with Crippen LogP contribution in [0.4, 0.5) is 8.78 Å². The Morgan fingerprint density at radius 2 is 1.56 bits per heavy atom. The summed E-state index contributed by atoms with van der Waals surface area (Å²) >= 11 is 0. The summed E-state index contributed by atoms with van der Waals surface area (Å²) < 4.78 is 43.3. The number of ketones is 1. The fourth-order valence-corrected chi connectivity index (χ4v) is 2.23. The Morgan fingerprint density at radius 1 is 0.926 bits per heavy atom. The van der Waals surface area contributed by atoms with Gasteiger partial charge in [-0.25, -0.2) is 13.6 Å². The predicted molar refractivity (Wildman–Crippen MR) is 91.4 cm³/mol. The van der Waals surface area contributed by atoms with Crippen molar-refractivity contribution in [3.8, 4) is 5.75 Å². The number of methoxy groups -OCH3 is 1. The maximum Gasteiger partial charge on any atom is 0.335 e. The highest BCUT2D eigenvalue weighted by Gasteiger charge is 2.23. The Morgan fingerprint density at radius 3 is 2.19 bits per heavy atom. The molecule has 6 nitrogen and oxygen atoms in total. The number of carboxylic acid groups (broad SMARTS) is 1. The van der Waals surface area contributed by atoms with E-state index in [0.29, 0.717) is 13.2 Å². The second-order valence-electron chi connectivity index (χ2n) is 5.40. The quantitative estimate of drug-likeness (QED) is 0.504. The van der Waals surface area contributed by atoms with Crippen LogP contribution in [0.15, 0.2) is 36.4 Å². The van der Waals surface area contributed by atoms with Gasteiger partial charge in [-0.2, -0.15) is 0 Å². The van der Waals surface area contributed by atoms with Crippen LogP contribution in [0.25, 0.3) is 0 Å². The van der Waals surface area contributed by atoms with Crippen molar-refractivity contribution in [2.45, 2.75) is 0 Å². The number of carbonyl (C=O) groups excluding carboxylic acids is 1. The van der Waals surface area contributed by atoms with E-state index in [2.05, 4.69) is 0 Å². The SMILES string of the molecule is COCCOCCOc1ccc(F)c(F)c1C(=O)c1ccc(C(=O)O)cc1. The van der Waals surface area contributed by atoms with Crippen LogP contribution in [0.3, 0.4) is 0 Å². The minimum absolute atomic E-state index is 0.00527. The van der Waals surface area contributed by atoms with Crippen molar-refractivity contribution in [2.75, 3.05) is 33.5 Å². The van der Waals surface area contributed by atoms with Crippen molar-refractivity contribution in [1.82, 2.24) is 0 Å². The molecule has 0 radical (unpaired) electrons. The van der Waals surface area contributed by atoms with Crippen LogP contribution in [0.5, 0.6) is 5.75 Å². The Kier molecular flexibility index (Phi) is 7.39. The molecule has 0 aromatic heterocycles. The van der Waals surface area contributed by atoms with E-state index in [9.17, 15) is 18.4 Å². The summed E-state index contributed by atoms with van der Waals surface area (Å²) in [6, 6.07) is 6.89. The smallest absolute Gasteiger partial charge is 0.335 e. The van der Waals surface area contributed by atoms with Gasteiger partial charge >= 0.3 is 5.97 Å². The zero-order valence-electron chi connectivity index (χ0n) is 14.5. The van der Waals surface area contributed by atoms with E-state index in [-0.39, 0.29) is 30.1 Å². The molecule has 0 amide bonds. The maximum atomic E-state index is 14.3. The van der Waals surface area contributed by atoms with Gasteiger partial charge in [-0.05, 0) is 24.3 Å². The fraction of sp³-hybridized carbons (Fsp3) is 0.263. The van der Waals surface area contributed by atoms with Gasteiger partial charge in [-0.3, -0.25) is 4.79 Å².